The van der Waals surface area contributed by atoms with Crippen LogP contribution in [0.4, 0.5) is 0 Å². The SMILES string of the molecule is O=C1C=CC(=O)C(CCC2OC(=O)C=CC2=O)O1. The van der Waals surface area contributed by atoms with E-state index in [1.54, 1.807) is 0 Å². The molecule has 2 rings (SSSR count). The summed E-state index contributed by atoms with van der Waals surface area (Å²) in [6.07, 6.45) is 2.87. The van der Waals surface area contributed by atoms with Gasteiger partial charge in [0.1, 0.15) is 0 Å². The number of hydrogen-bond donors (Lipinski definition) is 0. The van der Waals surface area contributed by atoms with Gasteiger partial charge in [0.2, 0.25) is 0 Å². The Hall–Kier alpha value is -2.24. The van der Waals surface area contributed by atoms with Crippen molar-refractivity contribution >= 4 is 23.5 Å². The molecular formula is C12H10O6. The van der Waals surface area contributed by atoms with E-state index in [-0.39, 0.29) is 24.4 Å². The van der Waals surface area contributed by atoms with Gasteiger partial charge in [-0.05, 0) is 25.0 Å². The highest BCUT2D eigenvalue weighted by atomic mass is 16.6. The lowest BCUT2D eigenvalue weighted by molar-refractivity contribution is -0.154. The number of esters is 2. The molecule has 0 aliphatic carbocycles. The molecule has 2 aliphatic heterocycles. The molecular weight excluding hydrogens is 240 g/mol. The molecule has 2 atom stereocenters. The molecule has 0 N–H and O–H groups in total. The Labute approximate surface area is 102 Å². The minimum atomic E-state index is -0.903. The maximum absolute atomic E-state index is 11.4. The highest BCUT2D eigenvalue weighted by Crippen LogP contribution is 2.16. The second-order valence-electron chi connectivity index (χ2n) is 3.90. The van der Waals surface area contributed by atoms with Crippen molar-refractivity contribution in [1.82, 2.24) is 0 Å². The zero-order valence-corrected chi connectivity index (χ0v) is 9.33. The van der Waals surface area contributed by atoms with E-state index in [2.05, 4.69) is 0 Å². The van der Waals surface area contributed by atoms with Crippen LogP contribution in [-0.4, -0.2) is 35.7 Å². The van der Waals surface area contributed by atoms with E-state index in [0.29, 0.717) is 0 Å². The van der Waals surface area contributed by atoms with Crippen LogP contribution in [-0.2, 0) is 28.7 Å². The predicted octanol–water partition coefficient (Wildman–Crippen LogP) is -0.132. The topological polar surface area (TPSA) is 86.7 Å². The molecule has 2 aliphatic rings. The van der Waals surface area contributed by atoms with Crippen LogP contribution in [0.2, 0.25) is 0 Å². The van der Waals surface area contributed by atoms with Gasteiger partial charge in [-0.3, -0.25) is 9.59 Å². The Morgan fingerprint density at radius 3 is 1.50 bits per heavy atom. The fraction of sp³-hybridized carbons (Fsp3) is 0.333. The minimum absolute atomic E-state index is 0.145. The monoisotopic (exact) mass is 250 g/mol. The molecule has 0 saturated heterocycles. The molecule has 0 aromatic carbocycles. The molecule has 18 heavy (non-hydrogen) atoms. The number of rotatable bonds is 3. The zero-order chi connectivity index (χ0) is 13.1. The molecule has 0 amide bonds. The second-order valence-corrected chi connectivity index (χ2v) is 3.90. The Morgan fingerprint density at radius 2 is 1.11 bits per heavy atom. The maximum atomic E-state index is 11.4. The third-order valence-corrected chi connectivity index (χ3v) is 2.61. The Balaban J connectivity index is 1.92. The highest BCUT2D eigenvalue weighted by molar-refractivity contribution is 6.04. The van der Waals surface area contributed by atoms with Crippen molar-refractivity contribution in [3.8, 4) is 0 Å². The Kier molecular flexibility index (Phi) is 3.36. The summed E-state index contributed by atoms with van der Waals surface area (Å²) < 4.78 is 9.61. The van der Waals surface area contributed by atoms with Crippen LogP contribution in [0.25, 0.3) is 0 Å². The van der Waals surface area contributed by atoms with Crippen molar-refractivity contribution in [2.75, 3.05) is 0 Å². The molecule has 6 nitrogen and oxygen atoms in total. The van der Waals surface area contributed by atoms with Gasteiger partial charge in [0, 0.05) is 12.2 Å². The van der Waals surface area contributed by atoms with E-state index in [1.807, 2.05) is 0 Å². The van der Waals surface area contributed by atoms with Crippen LogP contribution in [0.5, 0.6) is 0 Å². The second kappa shape index (κ2) is 4.95. The number of carbonyl (C=O) groups is 4. The van der Waals surface area contributed by atoms with Crippen LogP contribution in [0, 0.1) is 0 Å². The highest BCUT2D eigenvalue weighted by Gasteiger charge is 2.29. The lowest BCUT2D eigenvalue weighted by atomic mass is 10.0. The first-order chi connectivity index (χ1) is 8.56. The molecule has 0 spiro atoms. The van der Waals surface area contributed by atoms with Gasteiger partial charge in [0.15, 0.2) is 23.8 Å². The van der Waals surface area contributed by atoms with Crippen LogP contribution in [0.15, 0.2) is 24.3 Å². The standard InChI is InChI=1S/C12H10O6/c13-7-1-5-11(15)17-9(7)3-4-10-8(14)2-6-12(16)18-10/h1-2,5-6,9-10H,3-4H2. The molecule has 0 fully saturated rings. The van der Waals surface area contributed by atoms with E-state index in [4.69, 9.17) is 9.47 Å². The van der Waals surface area contributed by atoms with Crippen molar-refractivity contribution in [3.05, 3.63) is 24.3 Å². The lowest BCUT2D eigenvalue weighted by Crippen LogP contribution is -2.34. The summed E-state index contributed by atoms with van der Waals surface area (Å²) in [6.45, 7) is 0. The van der Waals surface area contributed by atoms with Gasteiger partial charge in [0.05, 0.1) is 0 Å². The van der Waals surface area contributed by atoms with E-state index in [9.17, 15) is 19.2 Å². The molecule has 94 valence electrons. The molecule has 0 aromatic heterocycles. The van der Waals surface area contributed by atoms with Crippen LogP contribution >= 0.6 is 0 Å². The first-order valence-electron chi connectivity index (χ1n) is 5.41. The smallest absolute Gasteiger partial charge is 0.331 e. The molecule has 6 heteroatoms. The number of ketones is 2. The Morgan fingerprint density at radius 1 is 0.722 bits per heavy atom. The Bertz CT molecular complexity index is 429. The summed E-state index contributed by atoms with van der Waals surface area (Å²) in [6, 6.07) is 0. The summed E-state index contributed by atoms with van der Waals surface area (Å²) in [7, 11) is 0. The first kappa shape index (κ1) is 12.2. The van der Waals surface area contributed by atoms with Crippen molar-refractivity contribution in [2.24, 2.45) is 0 Å². The van der Waals surface area contributed by atoms with E-state index >= 15 is 0 Å². The fourth-order valence-corrected chi connectivity index (χ4v) is 1.70. The van der Waals surface area contributed by atoms with Crippen molar-refractivity contribution in [3.63, 3.8) is 0 Å². The number of hydrogen-bond acceptors (Lipinski definition) is 6. The van der Waals surface area contributed by atoms with Gasteiger partial charge in [-0.2, -0.15) is 0 Å². The largest absolute Gasteiger partial charge is 0.451 e. The van der Waals surface area contributed by atoms with Crippen molar-refractivity contribution < 1.29 is 28.7 Å². The molecule has 2 unspecified atom stereocenters. The van der Waals surface area contributed by atoms with Crippen LogP contribution in [0.1, 0.15) is 12.8 Å². The quantitative estimate of drug-likeness (QED) is 0.648. The summed E-state index contributed by atoms with van der Waals surface area (Å²) in [4.78, 5) is 44.7. The number of ether oxygens (including phenoxy) is 2. The maximum Gasteiger partial charge on any atom is 0.331 e. The molecule has 0 radical (unpaired) electrons. The van der Waals surface area contributed by atoms with Crippen molar-refractivity contribution in [2.45, 2.75) is 25.0 Å². The average molecular weight is 250 g/mol. The summed E-state index contributed by atoms with van der Waals surface area (Å²) >= 11 is 0. The van der Waals surface area contributed by atoms with E-state index in [1.165, 1.54) is 0 Å². The predicted molar refractivity (Wildman–Crippen MR) is 57.3 cm³/mol. The van der Waals surface area contributed by atoms with Crippen LogP contribution < -0.4 is 0 Å². The summed E-state index contributed by atoms with van der Waals surface area (Å²) in [5.74, 6) is -1.85. The first-order valence-corrected chi connectivity index (χ1v) is 5.41. The summed E-state index contributed by atoms with van der Waals surface area (Å²) in [5.41, 5.74) is 0. The van der Waals surface area contributed by atoms with Crippen molar-refractivity contribution in [1.29, 1.82) is 0 Å². The third kappa shape index (κ3) is 2.71. The summed E-state index contributed by atoms with van der Waals surface area (Å²) in [5, 5.41) is 0. The van der Waals surface area contributed by atoms with Crippen LogP contribution in [0.3, 0.4) is 0 Å². The number of carbonyl (C=O) groups excluding carboxylic acids is 4. The third-order valence-electron chi connectivity index (χ3n) is 2.61. The van der Waals surface area contributed by atoms with Gasteiger partial charge < -0.3 is 9.47 Å². The number of cyclic esters (lactones) is 2. The molecule has 2 heterocycles. The zero-order valence-electron chi connectivity index (χ0n) is 9.33. The van der Waals surface area contributed by atoms with E-state index in [0.717, 1.165) is 24.3 Å². The molecule has 0 bridgehead atoms. The molecule has 0 aromatic rings. The molecule has 0 saturated carbocycles. The lowest BCUT2D eigenvalue weighted by Gasteiger charge is -2.21. The van der Waals surface area contributed by atoms with Gasteiger partial charge in [-0.1, -0.05) is 0 Å². The van der Waals surface area contributed by atoms with E-state index < -0.39 is 24.1 Å². The average Bonchev–Trinajstić information content (AvgIpc) is 2.34. The van der Waals surface area contributed by atoms with Gasteiger partial charge >= 0.3 is 11.9 Å². The minimum Gasteiger partial charge on any atom is -0.451 e. The van der Waals surface area contributed by atoms with Gasteiger partial charge in [-0.25, -0.2) is 9.59 Å². The normalized spacial score (nSPS) is 27.1. The van der Waals surface area contributed by atoms with Gasteiger partial charge in [-0.15, -0.1) is 0 Å². The van der Waals surface area contributed by atoms with Gasteiger partial charge in [0.25, 0.3) is 0 Å². The fourth-order valence-electron chi connectivity index (χ4n) is 1.70.